The minimum absolute atomic E-state index is 0.115. The van der Waals surface area contributed by atoms with E-state index >= 15 is 0 Å². The minimum Gasteiger partial charge on any atom is -0.465 e. The maximum atomic E-state index is 5.88. The van der Waals surface area contributed by atoms with Gasteiger partial charge in [0.25, 0.3) is 0 Å². The van der Waals surface area contributed by atoms with Crippen LogP contribution in [0.3, 0.4) is 0 Å². The van der Waals surface area contributed by atoms with Crippen molar-refractivity contribution in [2.24, 2.45) is 5.92 Å². The molecule has 0 aliphatic heterocycles. The first-order valence-electron chi connectivity index (χ1n) is 8.12. The number of aryl methyl sites for hydroxylation is 1. The lowest BCUT2D eigenvalue weighted by atomic mass is 10.0. The Bertz CT molecular complexity index is 429. The Morgan fingerprint density at radius 1 is 1.24 bits per heavy atom. The molecule has 0 spiro atoms. The van der Waals surface area contributed by atoms with Gasteiger partial charge in [-0.2, -0.15) is 0 Å². The molecular weight excluding hydrogens is 260 g/mol. The van der Waals surface area contributed by atoms with E-state index in [1.165, 1.54) is 12.0 Å². The third-order valence-electron chi connectivity index (χ3n) is 3.85. The zero-order valence-corrected chi connectivity index (χ0v) is 15.2. The molecule has 0 amide bonds. The van der Waals surface area contributed by atoms with Gasteiger partial charge in [0.1, 0.15) is 11.5 Å². The van der Waals surface area contributed by atoms with Crippen LogP contribution in [0.4, 0.5) is 0 Å². The second kappa shape index (κ2) is 7.46. The van der Waals surface area contributed by atoms with Crippen LogP contribution in [0.25, 0.3) is 0 Å². The summed E-state index contributed by atoms with van der Waals surface area (Å²) < 4.78 is 5.88. The molecule has 1 atom stereocenters. The number of nitrogens with zero attached hydrogens (tertiary/aromatic N) is 1. The number of furan rings is 1. The molecule has 0 aliphatic rings. The molecule has 3 heteroatoms. The van der Waals surface area contributed by atoms with Gasteiger partial charge in [-0.05, 0) is 60.1 Å². The molecule has 1 rings (SSSR count). The SMILES string of the molecule is Cc1oc(CNC(C)(C)C)cc1CN(C)C(C)CC(C)C. The van der Waals surface area contributed by atoms with Gasteiger partial charge in [-0.25, -0.2) is 0 Å². The van der Waals surface area contributed by atoms with Gasteiger partial charge in [-0.1, -0.05) is 13.8 Å². The topological polar surface area (TPSA) is 28.4 Å². The minimum atomic E-state index is 0.115. The standard InChI is InChI=1S/C18H34N2O/c1-13(2)9-14(3)20(8)12-16-10-17(21-15(16)4)11-19-18(5,6)7/h10,13-14,19H,9,11-12H2,1-8H3. The van der Waals surface area contributed by atoms with Crippen LogP contribution in [0, 0.1) is 12.8 Å². The average molecular weight is 294 g/mol. The fraction of sp³-hybridized carbons (Fsp3) is 0.778. The van der Waals surface area contributed by atoms with E-state index in [0.29, 0.717) is 6.04 Å². The molecule has 0 saturated carbocycles. The lowest BCUT2D eigenvalue weighted by Gasteiger charge is -2.25. The fourth-order valence-corrected chi connectivity index (χ4v) is 2.47. The molecule has 1 heterocycles. The van der Waals surface area contributed by atoms with Crippen molar-refractivity contribution in [2.75, 3.05) is 7.05 Å². The third kappa shape index (κ3) is 6.66. The van der Waals surface area contributed by atoms with Crippen LogP contribution < -0.4 is 5.32 Å². The van der Waals surface area contributed by atoms with Crippen molar-refractivity contribution in [3.05, 3.63) is 23.2 Å². The molecule has 0 aromatic carbocycles. The van der Waals surface area contributed by atoms with E-state index < -0.39 is 0 Å². The van der Waals surface area contributed by atoms with E-state index in [0.717, 1.165) is 30.5 Å². The highest BCUT2D eigenvalue weighted by molar-refractivity contribution is 5.21. The van der Waals surface area contributed by atoms with Crippen molar-refractivity contribution < 1.29 is 4.42 Å². The van der Waals surface area contributed by atoms with Crippen molar-refractivity contribution in [3.63, 3.8) is 0 Å². The molecule has 0 saturated heterocycles. The number of hydrogen-bond acceptors (Lipinski definition) is 3. The fourth-order valence-electron chi connectivity index (χ4n) is 2.47. The van der Waals surface area contributed by atoms with E-state index in [4.69, 9.17) is 4.42 Å². The summed E-state index contributed by atoms with van der Waals surface area (Å²) in [4.78, 5) is 2.42. The summed E-state index contributed by atoms with van der Waals surface area (Å²) >= 11 is 0. The van der Waals surface area contributed by atoms with Gasteiger partial charge in [0.15, 0.2) is 0 Å². The van der Waals surface area contributed by atoms with Gasteiger partial charge >= 0.3 is 0 Å². The highest BCUT2D eigenvalue weighted by atomic mass is 16.3. The van der Waals surface area contributed by atoms with Crippen LogP contribution in [0.1, 0.15) is 65.0 Å². The summed E-state index contributed by atoms with van der Waals surface area (Å²) in [5, 5.41) is 3.47. The molecule has 122 valence electrons. The summed E-state index contributed by atoms with van der Waals surface area (Å²) in [5.74, 6) is 2.81. The van der Waals surface area contributed by atoms with Gasteiger partial charge in [0.05, 0.1) is 6.54 Å². The Morgan fingerprint density at radius 3 is 2.38 bits per heavy atom. The third-order valence-corrected chi connectivity index (χ3v) is 3.85. The molecular formula is C18H34N2O. The molecule has 1 unspecified atom stereocenters. The van der Waals surface area contributed by atoms with E-state index in [1.54, 1.807) is 0 Å². The first-order chi connectivity index (χ1) is 9.58. The highest BCUT2D eigenvalue weighted by Crippen LogP contribution is 2.19. The molecule has 0 aliphatic carbocycles. The molecule has 21 heavy (non-hydrogen) atoms. The first kappa shape index (κ1) is 18.2. The predicted molar refractivity (Wildman–Crippen MR) is 90.4 cm³/mol. The van der Waals surface area contributed by atoms with Crippen molar-refractivity contribution >= 4 is 0 Å². The van der Waals surface area contributed by atoms with Gasteiger partial charge in [0, 0.05) is 23.7 Å². The van der Waals surface area contributed by atoms with Crippen LogP contribution in [0.15, 0.2) is 10.5 Å². The molecule has 3 nitrogen and oxygen atoms in total. The molecule has 0 bridgehead atoms. The van der Waals surface area contributed by atoms with Crippen LogP contribution >= 0.6 is 0 Å². The Morgan fingerprint density at radius 2 is 1.86 bits per heavy atom. The first-order valence-corrected chi connectivity index (χ1v) is 8.12. The van der Waals surface area contributed by atoms with Gasteiger partial charge in [-0.15, -0.1) is 0 Å². The number of nitrogens with one attached hydrogen (secondary N) is 1. The molecule has 0 fully saturated rings. The zero-order valence-electron chi connectivity index (χ0n) is 15.2. The van der Waals surface area contributed by atoms with E-state index in [2.05, 4.69) is 71.8 Å². The summed E-state index contributed by atoms with van der Waals surface area (Å²) in [7, 11) is 2.20. The highest BCUT2D eigenvalue weighted by Gasteiger charge is 2.16. The Balaban J connectivity index is 2.61. The van der Waals surface area contributed by atoms with Gasteiger partial charge in [0.2, 0.25) is 0 Å². The van der Waals surface area contributed by atoms with Crippen molar-refractivity contribution in [3.8, 4) is 0 Å². The van der Waals surface area contributed by atoms with Crippen LogP contribution in [-0.2, 0) is 13.1 Å². The largest absolute Gasteiger partial charge is 0.465 e. The van der Waals surface area contributed by atoms with Crippen molar-refractivity contribution in [1.82, 2.24) is 10.2 Å². The second-order valence-electron chi connectivity index (χ2n) is 7.79. The molecule has 1 aromatic heterocycles. The Labute approximate surface area is 131 Å². The number of rotatable bonds is 7. The molecule has 1 aromatic rings. The van der Waals surface area contributed by atoms with Crippen molar-refractivity contribution in [2.45, 2.75) is 79.6 Å². The van der Waals surface area contributed by atoms with Crippen LogP contribution in [-0.4, -0.2) is 23.5 Å². The van der Waals surface area contributed by atoms with E-state index in [1.807, 2.05) is 0 Å². The summed E-state index contributed by atoms with van der Waals surface area (Å²) in [6, 6.07) is 2.79. The number of hydrogen-bond donors (Lipinski definition) is 1. The summed E-state index contributed by atoms with van der Waals surface area (Å²) in [6.07, 6.45) is 1.23. The zero-order chi connectivity index (χ0) is 16.2. The normalized spacial score (nSPS) is 14.2. The summed E-state index contributed by atoms with van der Waals surface area (Å²) in [5.41, 5.74) is 1.42. The lowest BCUT2D eigenvalue weighted by Crippen LogP contribution is -2.34. The van der Waals surface area contributed by atoms with Gasteiger partial charge in [-0.3, -0.25) is 4.90 Å². The quantitative estimate of drug-likeness (QED) is 0.810. The predicted octanol–water partition coefficient (Wildman–Crippen LogP) is 4.34. The van der Waals surface area contributed by atoms with Crippen molar-refractivity contribution in [1.29, 1.82) is 0 Å². The maximum Gasteiger partial charge on any atom is 0.118 e. The lowest BCUT2D eigenvalue weighted by molar-refractivity contribution is 0.219. The van der Waals surface area contributed by atoms with Crippen LogP contribution in [0.5, 0.6) is 0 Å². The van der Waals surface area contributed by atoms with Gasteiger partial charge < -0.3 is 9.73 Å². The Hall–Kier alpha value is -0.800. The molecule has 0 radical (unpaired) electrons. The monoisotopic (exact) mass is 294 g/mol. The molecule has 1 N–H and O–H groups in total. The smallest absolute Gasteiger partial charge is 0.118 e. The Kier molecular flexibility index (Phi) is 6.48. The van der Waals surface area contributed by atoms with E-state index in [9.17, 15) is 0 Å². The second-order valence-corrected chi connectivity index (χ2v) is 7.79. The summed E-state index contributed by atoms with van der Waals surface area (Å²) in [6.45, 7) is 17.2. The van der Waals surface area contributed by atoms with E-state index in [-0.39, 0.29) is 5.54 Å². The average Bonchev–Trinajstić information content (AvgIpc) is 2.66. The maximum absolute atomic E-state index is 5.88. The van der Waals surface area contributed by atoms with Crippen LogP contribution in [0.2, 0.25) is 0 Å².